The van der Waals surface area contributed by atoms with Gasteiger partial charge in [0.1, 0.15) is 10.7 Å². The molecule has 0 spiro atoms. The Kier molecular flexibility index (Phi) is 3.89. The first kappa shape index (κ1) is 14.8. The Morgan fingerprint density at radius 2 is 1.78 bits per heavy atom. The lowest BCUT2D eigenvalue weighted by Crippen LogP contribution is -1.88. The van der Waals surface area contributed by atoms with Gasteiger partial charge < -0.3 is 0 Å². The fourth-order valence-electron chi connectivity index (χ4n) is 2.46. The van der Waals surface area contributed by atoms with Crippen molar-refractivity contribution in [3.63, 3.8) is 0 Å². The number of hydrogen-bond acceptors (Lipinski definition) is 3. The van der Waals surface area contributed by atoms with Gasteiger partial charge in [0.05, 0.1) is 0 Å². The third-order valence-corrected chi connectivity index (χ3v) is 5.84. The summed E-state index contributed by atoms with van der Waals surface area (Å²) in [6, 6.07) is 18.3. The van der Waals surface area contributed by atoms with E-state index in [0.717, 1.165) is 31.2 Å². The second kappa shape index (κ2) is 6.04. The van der Waals surface area contributed by atoms with Crippen LogP contribution in [0, 0.1) is 6.92 Å². The molecule has 0 amide bonds. The zero-order valence-electron chi connectivity index (χ0n) is 12.4. The lowest BCUT2D eigenvalue weighted by Gasteiger charge is -2.06. The van der Waals surface area contributed by atoms with Crippen molar-refractivity contribution >= 4 is 39.7 Å². The van der Waals surface area contributed by atoms with Crippen LogP contribution in [0.1, 0.15) is 5.69 Å². The maximum Gasteiger partial charge on any atom is 0.195 e. The predicted octanol–water partition coefficient (Wildman–Crippen LogP) is 6.18. The number of thiazole rings is 1. The summed E-state index contributed by atoms with van der Waals surface area (Å²) in [5.74, 6) is 0. The van der Waals surface area contributed by atoms with Crippen LogP contribution in [-0.2, 0) is 0 Å². The van der Waals surface area contributed by atoms with E-state index in [1.165, 1.54) is 5.69 Å². The highest BCUT2D eigenvalue weighted by Crippen LogP contribution is 2.38. The number of halogens is 1. The molecule has 2 aromatic carbocycles. The van der Waals surface area contributed by atoms with Crippen molar-refractivity contribution < 1.29 is 0 Å². The summed E-state index contributed by atoms with van der Waals surface area (Å²) >= 11 is 9.39. The molecule has 0 bridgehead atoms. The van der Waals surface area contributed by atoms with Crippen LogP contribution >= 0.6 is 34.7 Å². The van der Waals surface area contributed by atoms with Crippen LogP contribution in [0.15, 0.2) is 69.9 Å². The van der Waals surface area contributed by atoms with E-state index in [-0.39, 0.29) is 0 Å². The van der Waals surface area contributed by atoms with Gasteiger partial charge in [-0.1, -0.05) is 53.7 Å². The number of nitrogens with zero attached hydrogens (tertiary/aromatic N) is 2. The minimum absolute atomic E-state index is 0.753. The van der Waals surface area contributed by atoms with Gasteiger partial charge in [-0.25, -0.2) is 4.98 Å². The fourth-order valence-corrected chi connectivity index (χ4v) is 4.59. The Balaban J connectivity index is 1.88. The third-order valence-electron chi connectivity index (χ3n) is 3.57. The molecule has 0 N–H and O–H groups in total. The predicted molar refractivity (Wildman–Crippen MR) is 98.8 cm³/mol. The fraction of sp³-hybridized carbons (Fsp3) is 0.0556. The van der Waals surface area contributed by atoms with Gasteiger partial charge in [0.25, 0.3) is 0 Å². The topological polar surface area (TPSA) is 17.3 Å². The van der Waals surface area contributed by atoms with E-state index in [2.05, 4.69) is 28.8 Å². The molecule has 5 heteroatoms. The second-order valence-electron chi connectivity index (χ2n) is 5.18. The lowest BCUT2D eigenvalue weighted by atomic mass is 10.2. The van der Waals surface area contributed by atoms with Crippen LogP contribution < -0.4 is 0 Å². The summed E-state index contributed by atoms with van der Waals surface area (Å²) in [4.78, 5) is 7.03. The van der Waals surface area contributed by atoms with Crippen molar-refractivity contribution in [2.24, 2.45) is 0 Å². The Morgan fingerprint density at radius 1 is 1.04 bits per heavy atom. The molecule has 0 aliphatic heterocycles. The molecule has 0 saturated heterocycles. The van der Waals surface area contributed by atoms with E-state index in [4.69, 9.17) is 16.6 Å². The number of aryl methyl sites for hydroxylation is 1. The molecule has 4 rings (SSSR count). The lowest BCUT2D eigenvalue weighted by molar-refractivity contribution is 1.01. The van der Waals surface area contributed by atoms with Crippen molar-refractivity contribution in [3.8, 4) is 11.3 Å². The summed E-state index contributed by atoms with van der Waals surface area (Å²) in [5, 5.41) is 4.04. The smallest absolute Gasteiger partial charge is 0.195 e. The zero-order chi connectivity index (χ0) is 15.8. The molecule has 4 aromatic rings. The van der Waals surface area contributed by atoms with E-state index < -0.39 is 0 Å². The number of hydrogen-bond donors (Lipinski definition) is 0. The highest BCUT2D eigenvalue weighted by Gasteiger charge is 2.17. The highest BCUT2D eigenvalue weighted by atomic mass is 35.5. The van der Waals surface area contributed by atoms with Gasteiger partial charge in [-0.15, -0.1) is 11.3 Å². The number of fused-ring (bicyclic) bond motifs is 1. The first-order valence-corrected chi connectivity index (χ1v) is 9.25. The van der Waals surface area contributed by atoms with Crippen LogP contribution in [0.3, 0.4) is 0 Å². The Bertz CT molecular complexity index is 956. The number of rotatable bonds is 3. The molecule has 0 fully saturated rings. The van der Waals surface area contributed by atoms with Crippen molar-refractivity contribution in [2.75, 3.05) is 0 Å². The third kappa shape index (κ3) is 2.78. The molecule has 0 aliphatic carbocycles. The van der Waals surface area contributed by atoms with E-state index in [1.54, 1.807) is 23.1 Å². The standard InChI is InChI=1S/C18H13ClN2S2/c1-12-11-22-18-20-16(13-5-3-2-4-6-13)17(21(12)18)23-15-9-7-14(19)8-10-15/h2-11H,1H3. The average molecular weight is 357 g/mol. The zero-order valence-corrected chi connectivity index (χ0v) is 14.8. The SMILES string of the molecule is Cc1csc2nc(-c3ccccc3)c(Sc3ccc(Cl)cc3)n12. The molecule has 114 valence electrons. The molecule has 0 unspecified atom stereocenters. The van der Waals surface area contributed by atoms with Gasteiger partial charge >= 0.3 is 0 Å². The van der Waals surface area contributed by atoms with Crippen molar-refractivity contribution in [2.45, 2.75) is 16.8 Å². The summed E-state index contributed by atoms with van der Waals surface area (Å²) in [5.41, 5.74) is 3.37. The summed E-state index contributed by atoms with van der Waals surface area (Å²) in [6.07, 6.45) is 0. The molecular weight excluding hydrogens is 344 g/mol. The molecule has 2 nitrogen and oxygen atoms in total. The van der Waals surface area contributed by atoms with E-state index in [9.17, 15) is 0 Å². The van der Waals surface area contributed by atoms with E-state index in [1.807, 2.05) is 42.5 Å². The molecule has 2 aromatic heterocycles. The molecule has 0 radical (unpaired) electrons. The van der Waals surface area contributed by atoms with Gasteiger partial charge in [-0.3, -0.25) is 4.40 Å². The summed E-state index contributed by atoms with van der Waals surface area (Å²) in [6.45, 7) is 2.12. The molecular formula is C18H13ClN2S2. The van der Waals surface area contributed by atoms with Crippen LogP contribution in [0.4, 0.5) is 0 Å². The van der Waals surface area contributed by atoms with Crippen molar-refractivity contribution in [1.29, 1.82) is 0 Å². The van der Waals surface area contributed by atoms with E-state index >= 15 is 0 Å². The normalized spacial score (nSPS) is 11.2. The molecule has 0 aliphatic rings. The Morgan fingerprint density at radius 3 is 2.52 bits per heavy atom. The Hall–Kier alpha value is -1.75. The second-order valence-corrected chi connectivity index (χ2v) is 7.52. The molecule has 0 atom stereocenters. The molecule has 23 heavy (non-hydrogen) atoms. The number of imidazole rings is 1. The van der Waals surface area contributed by atoms with Gasteiger partial charge in [0, 0.05) is 26.6 Å². The van der Waals surface area contributed by atoms with Gasteiger partial charge in [-0.05, 0) is 31.2 Å². The Labute approximate surface area is 147 Å². The van der Waals surface area contributed by atoms with Gasteiger partial charge in [0.2, 0.25) is 0 Å². The first-order valence-electron chi connectivity index (χ1n) is 7.18. The molecule has 0 saturated carbocycles. The maximum absolute atomic E-state index is 6.00. The minimum atomic E-state index is 0.753. The van der Waals surface area contributed by atoms with Crippen molar-refractivity contribution in [1.82, 2.24) is 9.38 Å². The van der Waals surface area contributed by atoms with E-state index in [0.29, 0.717) is 0 Å². The average Bonchev–Trinajstić information content (AvgIpc) is 3.11. The van der Waals surface area contributed by atoms with Crippen LogP contribution in [0.25, 0.3) is 16.2 Å². The van der Waals surface area contributed by atoms with Crippen LogP contribution in [0.2, 0.25) is 5.02 Å². The van der Waals surface area contributed by atoms with Crippen LogP contribution in [-0.4, -0.2) is 9.38 Å². The van der Waals surface area contributed by atoms with Gasteiger partial charge in [-0.2, -0.15) is 0 Å². The monoisotopic (exact) mass is 356 g/mol. The first-order chi connectivity index (χ1) is 11.2. The maximum atomic E-state index is 6.00. The molecule has 2 heterocycles. The summed E-state index contributed by atoms with van der Waals surface area (Å²) in [7, 11) is 0. The van der Waals surface area contributed by atoms with Crippen LogP contribution in [0.5, 0.6) is 0 Å². The van der Waals surface area contributed by atoms with Crippen molar-refractivity contribution in [3.05, 3.63) is 70.7 Å². The largest absolute Gasteiger partial charge is 0.282 e. The number of benzene rings is 2. The quantitative estimate of drug-likeness (QED) is 0.436. The number of aromatic nitrogens is 2. The minimum Gasteiger partial charge on any atom is -0.282 e. The summed E-state index contributed by atoms with van der Waals surface area (Å²) < 4.78 is 2.23. The highest BCUT2D eigenvalue weighted by molar-refractivity contribution is 7.99. The van der Waals surface area contributed by atoms with Gasteiger partial charge in [0.15, 0.2) is 4.96 Å².